The van der Waals surface area contributed by atoms with Crippen LogP contribution in [-0.2, 0) is 17.5 Å². The number of para-hydroxylation sites is 1. The zero-order valence-electron chi connectivity index (χ0n) is 12.8. The highest BCUT2D eigenvalue weighted by Gasteiger charge is 2.34. The third kappa shape index (κ3) is 4.92. The average molecular weight is 374 g/mol. The normalized spacial score (nSPS) is 12.5. The Morgan fingerprint density at radius 3 is 2.64 bits per heavy atom. The van der Waals surface area contributed by atoms with Gasteiger partial charge in [-0.15, -0.1) is 11.3 Å². The van der Waals surface area contributed by atoms with Gasteiger partial charge in [-0.1, -0.05) is 12.1 Å². The number of nitrogens with zero attached hydrogens (tertiary/aromatic N) is 1. The number of halogens is 3. The van der Waals surface area contributed by atoms with Crippen LogP contribution in [0.15, 0.2) is 29.6 Å². The van der Waals surface area contributed by atoms with Crippen molar-refractivity contribution in [1.82, 2.24) is 10.3 Å². The van der Waals surface area contributed by atoms with Gasteiger partial charge in [0.1, 0.15) is 10.8 Å². The number of amides is 1. The SMILES string of the molecule is CC(Oc1ccccc1C(F)(F)F)C(=O)NCc1nc(C(=O)O)cs1. The van der Waals surface area contributed by atoms with Crippen molar-refractivity contribution in [3.8, 4) is 5.75 Å². The molecule has 2 aromatic rings. The standard InChI is InChI=1S/C15H13F3N2O4S/c1-8(24-11-5-3-2-4-9(11)15(16,17)18)13(21)19-6-12-20-10(7-25-12)14(22)23/h2-5,7-8H,6H2,1H3,(H,19,21)(H,22,23). The predicted octanol–water partition coefficient (Wildman–Crippen LogP) is 2.94. The second-order valence-electron chi connectivity index (χ2n) is 4.90. The number of carboxylic acids is 1. The number of carbonyl (C=O) groups is 2. The summed E-state index contributed by atoms with van der Waals surface area (Å²) in [5, 5.41) is 12.9. The first-order valence-electron chi connectivity index (χ1n) is 6.96. The lowest BCUT2D eigenvalue weighted by Gasteiger charge is -2.18. The molecule has 0 aliphatic rings. The van der Waals surface area contributed by atoms with Gasteiger partial charge in [0.15, 0.2) is 11.8 Å². The maximum absolute atomic E-state index is 12.9. The second-order valence-corrected chi connectivity index (χ2v) is 5.85. The summed E-state index contributed by atoms with van der Waals surface area (Å²) in [5.41, 5.74) is -1.11. The second kappa shape index (κ2) is 7.51. The van der Waals surface area contributed by atoms with Gasteiger partial charge < -0.3 is 15.2 Å². The van der Waals surface area contributed by atoms with E-state index < -0.39 is 35.5 Å². The van der Waals surface area contributed by atoms with Crippen molar-refractivity contribution >= 4 is 23.2 Å². The lowest BCUT2D eigenvalue weighted by Crippen LogP contribution is -2.36. The lowest BCUT2D eigenvalue weighted by atomic mass is 10.2. The molecule has 1 aromatic carbocycles. The van der Waals surface area contributed by atoms with Crippen LogP contribution in [-0.4, -0.2) is 28.1 Å². The Balaban J connectivity index is 1.98. The minimum Gasteiger partial charge on any atom is -0.480 e. The fourth-order valence-electron chi connectivity index (χ4n) is 1.84. The molecule has 134 valence electrons. The Bertz CT molecular complexity index is 776. The molecule has 1 heterocycles. The van der Waals surface area contributed by atoms with E-state index in [0.29, 0.717) is 5.01 Å². The molecular formula is C15H13F3N2O4S. The quantitative estimate of drug-likeness (QED) is 0.812. The topological polar surface area (TPSA) is 88.5 Å². The molecule has 1 unspecified atom stereocenters. The number of aromatic nitrogens is 1. The predicted molar refractivity (Wildman–Crippen MR) is 82.5 cm³/mol. The first-order valence-corrected chi connectivity index (χ1v) is 7.84. The maximum Gasteiger partial charge on any atom is 0.419 e. The number of benzene rings is 1. The zero-order valence-corrected chi connectivity index (χ0v) is 13.6. The van der Waals surface area contributed by atoms with Crippen LogP contribution in [0.1, 0.15) is 28.0 Å². The van der Waals surface area contributed by atoms with E-state index in [9.17, 15) is 22.8 Å². The van der Waals surface area contributed by atoms with Gasteiger partial charge in [-0.2, -0.15) is 13.2 Å². The van der Waals surface area contributed by atoms with E-state index in [-0.39, 0.29) is 12.2 Å². The fourth-order valence-corrected chi connectivity index (χ4v) is 2.55. The van der Waals surface area contributed by atoms with Gasteiger partial charge in [0.25, 0.3) is 5.91 Å². The molecule has 0 aliphatic heterocycles. The molecule has 2 rings (SSSR count). The van der Waals surface area contributed by atoms with E-state index in [4.69, 9.17) is 9.84 Å². The average Bonchev–Trinajstić information content (AvgIpc) is 3.01. The number of nitrogens with one attached hydrogen (secondary N) is 1. The summed E-state index contributed by atoms with van der Waals surface area (Å²) in [5.74, 6) is -2.28. The highest BCUT2D eigenvalue weighted by Crippen LogP contribution is 2.36. The molecule has 0 spiro atoms. The van der Waals surface area contributed by atoms with Gasteiger partial charge >= 0.3 is 12.1 Å². The number of hydrogen-bond donors (Lipinski definition) is 2. The highest BCUT2D eigenvalue weighted by molar-refractivity contribution is 7.09. The summed E-state index contributed by atoms with van der Waals surface area (Å²) in [6.45, 7) is 1.26. The molecule has 0 saturated heterocycles. The number of aromatic carboxylic acids is 1. The van der Waals surface area contributed by atoms with Crippen molar-refractivity contribution in [2.75, 3.05) is 0 Å². The summed E-state index contributed by atoms with van der Waals surface area (Å²) in [4.78, 5) is 26.5. The van der Waals surface area contributed by atoms with Crippen LogP contribution in [0.25, 0.3) is 0 Å². The molecule has 0 fully saturated rings. The Morgan fingerprint density at radius 2 is 2.04 bits per heavy atom. The molecule has 10 heteroatoms. The Hall–Kier alpha value is -2.62. The van der Waals surface area contributed by atoms with E-state index in [2.05, 4.69) is 10.3 Å². The van der Waals surface area contributed by atoms with Crippen LogP contribution in [0.2, 0.25) is 0 Å². The fraction of sp³-hybridized carbons (Fsp3) is 0.267. The number of thiazole rings is 1. The highest BCUT2D eigenvalue weighted by atomic mass is 32.1. The molecule has 6 nitrogen and oxygen atoms in total. The van der Waals surface area contributed by atoms with Crippen LogP contribution in [0.5, 0.6) is 5.75 Å². The minimum atomic E-state index is -4.60. The minimum absolute atomic E-state index is 0.0502. The van der Waals surface area contributed by atoms with E-state index >= 15 is 0 Å². The zero-order chi connectivity index (χ0) is 18.6. The van der Waals surface area contributed by atoms with E-state index in [0.717, 1.165) is 23.5 Å². The maximum atomic E-state index is 12.9. The van der Waals surface area contributed by atoms with Crippen molar-refractivity contribution < 1.29 is 32.6 Å². The van der Waals surface area contributed by atoms with Gasteiger partial charge in [-0.3, -0.25) is 4.79 Å². The third-order valence-electron chi connectivity index (χ3n) is 3.05. The third-order valence-corrected chi connectivity index (χ3v) is 3.90. The molecule has 1 amide bonds. The number of carboxylic acid groups (broad SMARTS) is 1. The Morgan fingerprint density at radius 1 is 1.36 bits per heavy atom. The number of ether oxygens (including phenoxy) is 1. The van der Waals surface area contributed by atoms with Crippen LogP contribution >= 0.6 is 11.3 Å². The Kier molecular flexibility index (Phi) is 5.62. The largest absolute Gasteiger partial charge is 0.480 e. The van der Waals surface area contributed by atoms with Gasteiger partial charge in [0.2, 0.25) is 0 Å². The van der Waals surface area contributed by atoms with Crippen LogP contribution in [0.3, 0.4) is 0 Å². The summed E-state index contributed by atoms with van der Waals surface area (Å²) < 4.78 is 43.8. The van der Waals surface area contributed by atoms with Crippen molar-refractivity contribution in [1.29, 1.82) is 0 Å². The lowest BCUT2D eigenvalue weighted by molar-refractivity contribution is -0.140. The number of hydrogen-bond acceptors (Lipinski definition) is 5. The number of alkyl halides is 3. The molecule has 25 heavy (non-hydrogen) atoms. The summed E-state index contributed by atoms with van der Waals surface area (Å²) in [6.07, 6.45) is -5.77. The summed E-state index contributed by atoms with van der Waals surface area (Å²) in [7, 11) is 0. The molecule has 0 aliphatic carbocycles. The van der Waals surface area contributed by atoms with Crippen LogP contribution in [0, 0.1) is 0 Å². The molecule has 0 saturated carbocycles. The van der Waals surface area contributed by atoms with Crippen LogP contribution < -0.4 is 10.1 Å². The smallest absolute Gasteiger partial charge is 0.419 e. The van der Waals surface area contributed by atoms with Crippen molar-refractivity contribution in [3.63, 3.8) is 0 Å². The van der Waals surface area contributed by atoms with Crippen molar-refractivity contribution in [3.05, 3.63) is 45.9 Å². The molecule has 0 bridgehead atoms. The van der Waals surface area contributed by atoms with Crippen molar-refractivity contribution in [2.24, 2.45) is 0 Å². The number of rotatable bonds is 6. The molecule has 2 N–H and O–H groups in total. The van der Waals surface area contributed by atoms with Gasteiger partial charge in [-0.25, -0.2) is 9.78 Å². The first-order chi connectivity index (χ1) is 11.7. The van der Waals surface area contributed by atoms with Gasteiger partial charge in [-0.05, 0) is 19.1 Å². The number of carbonyl (C=O) groups excluding carboxylic acids is 1. The molecular weight excluding hydrogens is 361 g/mol. The Labute approximate surface area is 144 Å². The monoisotopic (exact) mass is 374 g/mol. The first kappa shape index (κ1) is 18.7. The molecule has 1 aromatic heterocycles. The van der Waals surface area contributed by atoms with Crippen LogP contribution in [0.4, 0.5) is 13.2 Å². The summed E-state index contributed by atoms with van der Waals surface area (Å²) in [6, 6.07) is 4.59. The summed E-state index contributed by atoms with van der Waals surface area (Å²) >= 11 is 1.05. The molecule has 1 atom stereocenters. The van der Waals surface area contributed by atoms with Gasteiger partial charge in [0.05, 0.1) is 12.1 Å². The van der Waals surface area contributed by atoms with E-state index in [1.165, 1.54) is 24.4 Å². The van der Waals surface area contributed by atoms with E-state index in [1.807, 2.05) is 0 Å². The van der Waals surface area contributed by atoms with Crippen molar-refractivity contribution in [2.45, 2.75) is 25.7 Å². The van der Waals surface area contributed by atoms with Gasteiger partial charge in [0, 0.05) is 5.38 Å². The molecule has 0 radical (unpaired) electrons. The van der Waals surface area contributed by atoms with E-state index in [1.54, 1.807) is 0 Å².